The average molecular weight is 415 g/mol. The number of carbonyl (C=O) groups excluding carboxylic acids is 1. The van der Waals surface area contributed by atoms with E-state index in [1.54, 1.807) is 17.5 Å². The van der Waals surface area contributed by atoms with Crippen LogP contribution in [0, 0.1) is 11.3 Å². The van der Waals surface area contributed by atoms with Crippen LogP contribution < -0.4 is 15.5 Å². The van der Waals surface area contributed by atoms with Crippen LogP contribution in [0.4, 0.5) is 15.7 Å². The number of rotatable bonds is 3. The van der Waals surface area contributed by atoms with Gasteiger partial charge in [0.1, 0.15) is 0 Å². The Morgan fingerprint density at radius 1 is 1.24 bits per heavy atom. The van der Waals surface area contributed by atoms with Gasteiger partial charge < -0.3 is 10.2 Å². The summed E-state index contributed by atoms with van der Waals surface area (Å²) in [6, 6.07) is 3.89. The molecule has 2 aliphatic rings. The lowest BCUT2D eigenvalue weighted by Gasteiger charge is -2.33. The molecule has 1 saturated heterocycles. The predicted octanol–water partition coefficient (Wildman–Crippen LogP) is 3.87. The summed E-state index contributed by atoms with van der Waals surface area (Å²) in [6.07, 6.45) is 6.73. The van der Waals surface area contributed by atoms with E-state index in [9.17, 15) is 4.79 Å². The number of nitrogens with zero attached hydrogens (tertiary/aromatic N) is 4. The molecule has 0 radical (unpaired) electrons. The van der Waals surface area contributed by atoms with Crippen molar-refractivity contribution in [2.45, 2.75) is 58.9 Å². The normalized spacial score (nSPS) is 20.2. The highest BCUT2D eigenvalue weighted by molar-refractivity contribution is 7.15. The molecule has 2 aromatic rings. The van der Waals surface area contributed by atoms with Gasteiger partial charge in [-0.25, -0.2) is 9.78 Å². The second-order valence-electron chi connectivity index (χ2n) is 9.14. The van der Waals surface area contributed by atoms with E-state index in [0.717, 1.165) is 49.7 Å². The molecular formula is C21H30N6OS. The molecule has 8 heteroatoms. The molecule has 2 aromatic heterocycles. The van der Waals surface area contributed by atoms with Gasteiger partial charge in [-0.05, 0) is 55.6 Å². The number of hydrogen-bond acceptors (Lipinski definition) is 6. The molecular weight excluding hydrogens is 384 g/mol. The number of urea groups is 1. The molecule has 1 fully saturated rings. The number of anilines is 2. The quantitative estimate of drug-likeness (QED) is 0.796. The smallest absolute Gasteiger partial charge is 0.321 e. The standard InChI is InChI=1S/C21H30N6OS/c1-21(2,3)14-6-7-16-17(13-14)29-20(24-16)25-19(28)23-15-8-11-27(12-9-15)18-5-4-10-22-26-18/h4-5,10,14-15H,6-9,11-13H2,1-3H3,(H2,23,24,25,28). The third-order valence-corrected chi connectivity index (χ3v) is 7.13. The molecule has 7 nitrogen and oxygen atoms in total. The molecule has 2 amide bonds. The SMILES string of the molecule is CC(C)(C)C1CCc2nc(NC(=O)NC3CCN(c4cccnn4)CC3)sc2C1. The summed E-state index contributed by atoms with van der Waals surface area (Å²) in [6.45, 7) is 8.66. The highest BCUT2D eigenvalue weighted by atomic mass is 32.1. The van der Waals surface area contributed by atoms with Crippen LogP contribution in [0.5, 0.6) is 0 Å². The van der Waals surface area contributed by atoms with E-state index in [0.29, 0.717) is 11.3 Å². The number of aromatic nitrogens is 3. The first-order valence-corrected chi connectivity index (χ1v) is 11.3. The number of fused-ring (bicyclic) bond motifs is 1. The fraction of sp³-hybridized carbons (Fsp3) is 0.619. The molecule has 0 spiro atoms. The number of amides is 2. The van der Waals surface area contributed by atoms with Gasteiger partial charge in [0.2, 0.25) is 0 Å². The zero-order valence-corrected chi connectivity index (χ0v) is 18.3. The Morgan fingerprint density at radius 3 is 2.72 bits per heavy atom. The molecule has 1 aliphatic heterocycles. The zero-order chi connectivity index (χ0) is 20.4. The van der Waals surface area contributed by atoms with E-state index in [1.807, 2.05) is 12.1 Å². The Bertz CT molecular complexity index is 839. The minimum absolute atomic E-state index is 0.151. The number of thiazole rings is 1. The number of nitrogens with one attached hydrogen (secondary N) is 2. The highest BCUT2D eigenvalue weighted by Gasteiger charge is 2.31. The van der Waals surface area contributed by atoms with Crippen molar-refractivity contribution < 1.29 is 4.79 Å². The molecule has 29 heavy (non-hydrogen) atoms. The first-order chi connectivity index (χ1) is 13.9. The van der Waals surface area contributed by atoms with E-state index in [1.165, 1.54) is 17.0 Å². The van der Waals surface area contributed by atoms with Gasteiger partial charge in [0, 0.05) is 30.2 Å². The number of carbonyl (C=O) groups is 1. The maximum atomic E-state index is 12.5. The van der Waals surface area contributed by atoms with Crippen molar-refractivity contribution >= 4 is 28.3 Å². The summed E-state index contributed by atoms with van der Waals surface area (Å²) < 4.78 is 0. The third-order valence-electron chi connectivity index (χ3n) is 6.10. The van der Waals surface area contributed by atoms with Crippen LogP contribution >= 0.6 is 11.3 Å². The third kappa shape index (κ3) is 4.86. The molecule has 1 aliphatic carbocycles. The van der Waals surface area contributed by atoms with Gasteiger partial charge in [-0.3, -0.25) is 5.32 Å². The lowest BCUT2D eigenvalue weighted by molar-refractivity contribution is 0.217. The largest absolute Gasteiger partial charge is 0.355 e. The van der Waals surface area contributed by atoms with Crippen LogP contribution in [0.15, 0.2) is 18.3 Å². The minimum atomic E-state index is -0.151. The molecule has 0 saturated carbocycles. The van der Waals surface area contributed by atoms with E-state index in [-0.39, 0.29) is 12.1 Å². The molecule has 0 aromatic carbocycles. The van der Waals surface area contributed by atoms with Crippen LogP contribution in [0.25, 0.3) is 0 Å². The van der Waals surface area contributed by atoms with Crippen LogP contribution in [-0.4, -0.2) is 40.3 Å². The maximum Gasteiger partial charge on any atom is 0.321 e. The van der Waals surface area contributed by atoms with Crippen molar-refractivity contribution in [2.75, 3.05) is 23.3 Å². The van der Waals surface area contributed by atoms with E-state index >= 15 is 0 Å². The van der Waals surface area contributed by atoms with E-state index in [4.69, 9.17) is 0 Å². The highest BCUT2D eigenvalue weighted by Crippen LogP contribution is 2.40. The van der Waals surface area contributed by atoms with Crippen molar-refractivity contribution in [2.24, 2.45) is 11.3 Å². The molecule has 1 unspecified atom stereocenters. The molecule has 2 N–H and O–H groups in total. The van der Waals surface area contributed by atoms with E-state index < -0.39 is 0 Å². The van der Waals surface area contributed by atoms with Gasteiger partial charge in [0.05, 0.1) is 5.69 Å². The lowest BCUT2D eigenvalue weighted by atomic mass is 9.73. The van der Waals surface area contributed by atoms with Gasteiger partial charge in [0.25, 0.3) is 0 Å². The minimum Gasteiger partial charge on any atom is -0.355 e. The Balaban J connectivity index is 1.27. The van der Waals surface area contributed by atoms with Gasteiger partial charge in [-0.1, -0.05) is 20.8 Å². The summed E-state index contributed by atoms with van der Waals surface area (Å²) in [4.78, 5) is 20.7. The number of hydrogen-bond donors (Lipinski definition) is 2. The summed E-state index contributed by atoms with van der Waals surface area (Å²) in [7, 11) is 0. The van der Waals surface area contributed by atoms with Crippen molar-refractivity contribution in [1.82, 2.24) is 20.5 Å². The Morgan fingerprint density at radius 2 is 2.03 bits per heavy atom. The summed E-state index contributed by atoms with van der Waals surface area (Å²) >= 11 is 1.64. The fourth-order valence-corrected chi connectivity index (χ4v) is 5.28. The molecule has 1 atom stereocenters. The Hall–Kier alpha value is -2.22. The van der Waals surface area contributed by atoms with Crippen molar-refractivity contribution in [3.05, 3.63) is 28.9 Å². The van der Waals surface area contributed by atoms with Crippen molar-refractivity contribution in [3.8, 4) is 0 Å². The van der Waals surface area contributed by atoms with Crippen molar-refractivity contribution in [1.29, 1.82) is 0 Å². The molecule has 4 rings (SSSR count). The Labute approximate surface area is 176 Å². The number of piperidine rings is 1. The van der Waals surface area contributed by atoms with Crippen LogP contribution in [0.2, 0.25) is 0 Å². The predicted molar refractivity (Wildman–Crippen MR) is 117 cm³/mol. The van der Waals surface area contributed by atoms with Crippen molar-refractivity contribution in [3.63, 3.8) is 0 Å². The molecule has 3 heterocycles. The fourth-order valence-electron chi connectivity index (χ4n) is 4.20. The zero-order valence-electron chi connectivity index (χ0n) is 17.4. The Kier molecular flexibility index (Phi) is 5.72. The van der Waals surface area contributed by atoms with Gasteiger partial charge >= 0.3 is 6.03 Å². The molecule has 156 valence electrons. The summed E-state index contributed by atoms with van der Waals surface area (Å²) in [5.74, 6) is 1.58. The maximum absolute atomic E-state index is 12.5. The van der Waals surface area contributed by atoms with E-state index in [2.05, 4.69) is 51.5 Å². The monoisotopic (exact) mass is 414 g/mol. The van der Waals surface area contributed by atoms with Crippen LogP contribution in [0.3, 0.4) is 0 Å². The topological polar surface area (TPSA) is 83.0 Å². The second kappa shape index (κ2) is 8.26. The first-order valence-electron chi connectivity index (χ1n) is 10.5. The molecule has 0 bridgehead atoms. The average Bonchev–Trinajstić information content (AvgIpc) is 3.09. The summed E-state index contributed by atoms with van der Waals surface area (Å²) in [5, 5.41) is 14.9. The van der Waals surface area contributed by atoms with Gasteiger partial charge in [-0.2, -0.15) is 5.10 Å². The number of aryl methyl sites for hydroxylation is 1. The summed E-state index contributed by atoms with van der Waals surface area (Å²) in [5.41, 5.74) is 1.48. The van der Waals surface area contributed by atoms with Crippen LogP contribution in [0.1, 0.15) is 50.6 Å². The second-order valence-corrected chi connectivity index (χ2v) is 10.2. The first kappa shape index (κ1) is 20.1. The van der Waals surface area contributed by atoms with Gasteiger partial charge in [-0.15, -0.1) is 16.4 Å². The lowest BCUT2D eigenvalue weighted by Crippen LogP contribution is -2.46. The van der Waals surface area contributed by atoms with Crippen LogP contribution in [-0.2, 0) is 12.8 Å². The van der Waals surface area contributed by atoms with Gasteiger partial charge in [0.15, 0.2) is 10.9 Å².